The van der Waals surface area contributed by atoms with Gasteiger partial charge in [0.05, 0.1) is 6.04 Å². The van der Waals surface area contributed by atoms with Gasteiger partial charge < -0.3 is 4.42 Å². The molecule has 0 aliphatic rings. The van der Waals surface area contributed by atoms with Gasteiger partial charge in [-0.2, -0.15) is 0 Å². The minimum absolute atomic E-state index is 0.00989. The van der Waals surface area contributed by atoms with E-state index >= 15 is 0 Å². The van der Waals surface area contributed by atoms with Crippen LogP contribution in [0.25, 0.3) is 11.5 Å². The van der Waals surface area contributed by atoms with Crippen LogP contribution in [0, 0.1) is 6.92 Å². The number of aromatic nitrogens is 2. The average Bonchev–Trinajstić information content (AvgIpc) is 3.04. The van der Waals surface area contributed by atoms with Crippen molar-refractivity contribution in [1.82, 2.24) is 15.1 Å². The molecule has 0 N–H and O–H groups in total. The summed E-state index contributed by atoms with van der Waals surface area (Å²) < 4.78 is 5.86. The van der Waals surface area contributed by atoms with Crippen molar-refractivity contribution in [1.29, 1.82) is 0 Å². The topological polar surface area (TPSA) is 42.2 Å². The van der Waals surface area contributed by atoms with Crippen molar-refractivity contribution in [2.45, 2.75) is 26.4 Å². The zero-order chi connectivity index (χ0) is 17.1. The van der Waals surface area contributed by atoms with Crippen molar-refractivity contribution in [2.24, 2.45) is 0 Å². The molecule has 0 aliphatic heterocycles. The van der Waals surface area contributed by atoms with Gasteiger partial charge in [0.15, 0.2) is 0 Å². The fraction of sp³-hybridized carbons (Fsp3) is 0.263. The van der Waals surface area contributed by atoms with E-state index in [1.54, 1.807) is 0 Å². The molecule has 1 aromatic heterocycles. The SMILES string of the molecule is Cc1ccc(-c2nnc(C(C)N(C)Cc3cccc(Cl)c3)o2)cc1. The van der Waals surface area contributed by atoms with Crippen LogP contribution >= 0.6 is 11.6 Å². The lowest BCUT2D eigenvalue weighted by atomic mass is 10.1. The van der Waals surface area contributed by atoms with Crippen molar-refractivity contribution < 1.29 is 4.42 Å². The van der Waals surface area contributed by atoms with Crippen LogP contribution in [0.1, 0.15) is 30.0 Å². The number of halogens is 1. The number of hydrogen-bond donors (Lipinski definition) is 0. The second-order valence-electron chi connectivity index (χ2n) is 6.03. The third kappa shape index (κ3) is 3.83. The summed E-state index contributed by atoms with van der Waals surface area (Å²) in [6.45, 7) is 4.86. The molecule has 0 bridgehead atoms. The molecule has 0 aliphatic carbocycles. The third-order valence-electron chi connectivity index (χ3n) is 4.08. The van der Waals surface area contributed by atoms with Crippen LogP contribution in [0.2, 0.25) is 5.02 Å². The maximum atomic E-state index is 6.05. The minimum Gasteiger partial charge on any atom is -0.419 e. The van der Waals surface area contributed by atoms with E-state index in [0.717, 1.165) is 22.7 Å². The number of nitrogens with zero attached hydrogens (tertiary/aromatic N) is 3. The lowest BCUT2D eigenvalue weighted by Gasteiger charge is -2.21. The molecule has 0 saturated heterocycles. The number of rotatable bonds is 5. The molecule has 124 valence electrons. The molecule has 0 saturated carbocycles. The Balaban J connectivity index is 1.73. The zero-order valence-electron chi connectivity index (χ0n) is 14.0. The van der Waals surface area contributed by atoms with Crippen LogP contribution in [0.15, 0.2) is 52.9 Å². The quantitative estimate of drug-likeness (QED) is 0.662. The van der Waals surface area contributed by atoms with E-state index in [9.17, 15) is 0 Å². The van der Waals surface area contributed by atoms with Gasteiger partial charge >= 0.3 is 0 Å². The van der Waals surface area contributed by atoms with Crippen molar-refractivity contribution in [2.75, 3.05) is 7.05 Å². The molecule has 0 radical (unpaired) electrons. The first kappa shape index (κ1) is 16.7. The van der Waals surface area contributed by atoms with Gasteiger partial charge in [0.1, 0.15) is 0 Å². The Morgan fingerprint density at radius 3 is 2.58 bits per heavy atom. The average molecular weight is 342 g/mol. The predicted octanol–water partition coefficient (Wildman–Crippen LogP) is 4.89. The van der Waals surface area contributed by atoms with Crippen LogP contribution in [-0.2, 0) is 6.54 Å². The van der Waals surface area contributed by atoms with Crippen LogP contribution in [0.4, 0.5) is 0 Å². The van der Waals surface area contributed by atoms with E-state index in [1.807, 2.05) is 49.5 Å². The van der Waals surface area contributed by atoms with Gasteiger partial charge in [-0.15, -0.1) is 10.2 Å². The molecule has 4 nitrogen and oxygen atoms in total. The standard InChI is InChI=1S/C19H20ClN3O/c1-13-7-9-16(10-8-13)19-22-21-18(24-19)14(2)23(3)12-15-5-4-6-17(20)11-15/h4-11,14H,12H2,1-3H3. The Labute approximate surface area is 147 Å². The van der Waals surface area contributed by atoms with Crippen LogP contribution in [0.5, 0.6) is 0 Å². The van der Waals surface area contributed by atoms with E-state index in [-0.39, 0.29) is 6.04 Å². The van der Waals surface area contributed by atoms with E-state index in [0.29, 0.717) is 11.8 Å². The van der Waals surface area contributed by atoms with Crippen molar-refractivity contribution in [3.8, 4) is 11.5 Å². The van der Waals surface area contributed by atoms with E-state index in [4.69, 9.17) is 16.0 Å². The lowest BCUT2D eigenvalue weighted by Crippen LogP contribution is -2.22. The Bertz CT molecular complexity index is 813. The van der Waals surface area contributed by atoms with Gasteiger partial charge in [-0.05, 0) is 50.7 Å². The summed E-state index contributed by atoms with van der Waals surface area (Å²) in [5.41, 5.74) is 3.28. The zero-order valence-corrected chi connectivity index (χ0v) is 14.8. The fourth-order valence-corrected chi connectivity index (χ4v) is 2.68. The van der Waals surface area contributed by atoms with Gasteiger partial charge in [0.2, 0.25) is 11.8 Å². The summed E-state index contributed by atoms with van der Waals surface area (Å²) in [6.07, 6.45) is 0. The molecule has 3 rings (SSSR count). The highest BCUT2D eigenvalue weighted by Gasteiger charge is 2.19. The smallest absolute Gasteiger partial charge is 0.247 e. The molecule has 24 heavy (non-hydrogen) atoms. The molecule has 1 atom stereocenters. The fourth-order valence-electron chi connectivity index (χ4n) is 2.46. The lowest BCUT2D eigenvalue weighted by molar-refractivity contribution is 0.218. The first-order valence-corrected chi connectivity index (χ1v) is 8.26. The van der Waals surface area contributed by atoms with Crippen LogP contribution < -0.4 is 0 Å². The van der Waals surface area contributed by atoms with Gasteiger partial charge in [0, 0.05) is 17.1 Å². The number of aryl methyl sites for hydroxylation is 1. The summed E-state index contributed by atoms with van der Waals surface area (Å²) in [4.78, 5) is 2.15. The minimum atomic E-state index is 0.00989. The molecule has 0 amide bonds. The van der Waals surface area contributed by atoms with Crippen molar-refractivity contribution >= 4 is 11.6 Å². The van der Waals surface area contributed by atoms with E-state index < -0.39 is 0 Å². The largest absolute Gasteiger partial charge is 0.419 e. The second kappa shape index (κ2) is 7.16. The number of benzene rings is 2. The summed E-state index contributed by atoms with van der Waals surface area (Å²) >= 11 is 6.05. The van der Waals surface area contributed by atoms with E-state index in [2.05, 4.69) is 35.0 Å². The highest BCUT2D eigenvalue weighted by Crippen LogP contribution is 2.24. The molecule has 0 fully saturated rings. The first-order chi connectivity index (χ1) is 11.5. The molecule has 5 heteroatoms. The van der Waals surface area contributed by atoms with Gasteiger partial charge in [0.25, 0.3) is 0 Å². The van der Waals surface area contributed by atoms with Crippen molar-refractivity contribution in [3.05, 3.63) is 70.6 Å². The number of hydrogen-bond acceptors (Lipinski definition) is 4. The third-order valence-corrected chi connectivity index (χ3v) is 4.31. The van der Waals surface area contributed by atoms with Crippen LogP contribution in [-0.4, -0.2) is 22.1 Å². The Morgan fingerprint density at radius 1 is 1.12 bits per heavy atom. The van der Waals surface area contributed by atoms with E-state index in [1.165, 1.54) is 5.56 Å². The second-order valence-corrected chi connectivity index (χ2v) is 6.47. The van der Waals surface area contributed by atoms with Gasteiger partial charge in [-0.1, -0.05) is 41.4 Å². The Hall–Kier alpha value is -2.17. The maximum absolute atomic E-state index is 6.05. The summed E-state index contributed by atoms with van der Waals surface area (Å²) in [5, 5.41) is 9.13. The Kier molecular flexibility index (Phi) is 4.97. The normalized spacial score (nSPS) is 12.5. The highest BCUT2D eigenvalue weighted by molar-refractivity contribution is 6.30. The predicted molar refractivity (Wildman–Crippen MR) is 95.8 cm³/mol. The summed E-state index contributed by atoms with van der Waals surface area (Å²) in [7, 11) is 2.03. The molecule has 1 heterocycles. The maximum Gasteiger partial charge on any atom is 0.247 e. The molecule has 0 spiro atoms. The van der Waals surface area contributed by atoms with Crippen LogP contribution in [0.3, 0.4) is 0 Å². The molecule has 3 aromatic rings. The molecular weight excluding hydrogens is 322 g/mol. The summed E-state index contributed by atoms with van der Waals surface area (Å²) in [6, 6.07) is 15.9. The first-order valence-electron chi connectivity index (χ1n) is 7.88. The summed E-state index contributed by atoms with van der Waals surface area (Å²) in [5.74, 6) is 1.16. The van der Waals surface area contributed by atoms with Gasteiger partial charge in [-0.3, -0.25) is 4.90 Å². The molecular formula is C19H20ClN3O. The monoisotopic (exact) mass is 341 g/mol. The highest BCUT2D eigenvalue weighted by atomic mass is 35.5. The molecule has 2 aromatic carbocycles. The Morgan fingerprint density at radius 2 is 1.88 bits per heavy atom. The molecule has 1 unspecified atom stereocenters. The van der Waals surface area contributed by atoms with Gasteiger partial charge in [-0.25, -0.2) is 0 Å². The van der Waals surface area contributed by atoms with Crippen molar-refractivity contribution in [3.63, 3.8) is 0 Å².